The average Bonchev–Trinajstić information content (AvgIpc) is 2.67. The number of hydrogen-bond acceptors (Lipinski definition) is 3. The predicted molar refractivity (Wildman–Crippen MR) is 56.0 cm³/mol. The summed E-state index contributed by atoms with van der Waals surface area (Å²) in [5.74, 6) is 0.644. The molecule has 1 atom stereocenters. The molecule has 0 N–H and O–H groups in total. The van der Waals surface area contributed by atoms with Crippen LogP contribution in [0.2, 0.25) is 0 Å². The number of ketones is 1. The van der Waals surface area contributed by atoms with Gasteiger partial charge in [-0.15, -0.1) is 0 Å². The first-order chi connectivity index (χ1) is 6.52. The summed E-state index contributed by atoms with van der Waals surface area (Å²) in [6.07, 6.45) is 3.54. The van der Waals surface area contributed by atoms with E-state index in [1.165, 1.54) is 0 Å². The highest BCUT2D eigenvalue weighted by atomic mass is 16.5. The van der Waals surface area contributed by atoms with E-state index in [1.54, 1.807) is 0 Å². The van der Waals surface area contributed by atoms with E-state index in [0.29, 0.717) is 12.4 Å². The van der Waals surface area contributed by atoms with E-state index in [4.69, 9.17) is 4.74 Å². The fourth-order valence-electron chi connectivity index (χ4n) is 1.52. The van der Waals surface area contributed by atoms with Crippen LogP contribution >= 0.6 is 0 Å². The Labute approximate surface area is 85.7 Å². The topological polar surface area (TPSA) is 29.5 Å². The monoisotopic (exact) mass is 197 g/mol. The van der Waals surface area contributed by atoms with Crippen molar-refractivity contribution < 1.29 is 9.53 Å². The van der Waals surface area contributed by atoms with Gasteiger partial charge in [0.05, 0.1) is 12.1 Å². The summed E-state index contributed by atoms with van der Waals surface area (Å²) in [6.45, 7) is 4.62. The summed E-state index contributed by atoms with van der Waals surface area (Å²) in [5, 5.41) is 0. The highest BCUT2D eigenvalue weighted by molar-refractivity contribution is 6.00. The van der Waals surface area contributed by atoms with Gasteiger partial charge in [-0.1, -0.05) is 6.92 Å². The van der Waals surface area contributed by atoms with Crippen molar-refractivity contribution in [3.05, 3.63) is 11.8 Å². The molecular formula is C11H19NO2. The molecule has 0 aliphatic carbocycles. The van der Waals surface area contributed by atoms with Crippen molar-refractivity contribution in [1.82, 2.24) is 4.90 Å². The largest absolute Gasteiger partial charge is 0.490 e. The van der Waals surface area contributed by atoms with E-state index in [-0.39, 0.29) is 5.78 Å². The maximum Gasteiger partial charge on any atom is 0.216 e. The molecule has 0 aromatic carbocycles. The van der Waals surface area contributed by atoms with Crippen molar-refractivity contribution >= 4 is 5.78 Å². The molecule has 0 saturated carbocycles. The van der Waals surface area contributed by atoms with Crippen molar-refractivity contribution in [1.29, 1.82) is 0 Å². The van der Waals surface area contributed by atoms with E-state index in [2.05, 4.69) is 0 Å². The molecule has 1 unspecified atom stereocenters. The molecular weight excluding hydrogens is 178 g/mol. The van der Waals surface area contributed by atoms with Gasteiger partial charge < -0.3 is 4.74 Å². The van der Waals surface area contributed by atoms with Crippen LogP contribution in [0.5, 0.6) is 0 Å². The molecule has 0 aromatic rings. The summed E-state index contributed by atoms with van der Waals surface area (Å²) in [4.78, 5) is 14.1. The lowest BCUT2D eigenvalue weighted by Gasteiger charge is -2.33. The van der Waals surface area contributed by atoms with Gasteiger partial charge in [0.1, 0.15) is 0 Å². The van der Waals surface area contributed by atoms with Crippen LogP contribution in [0.1, 0.15) is 26.7 Å². The highest BCUT2D eigenvalue weighted by Gasteiger charge is 2.37. The summed E-state index contributed by atoms with van der Waals surface area (Å²) in [6, 6.07) is 0. The predicted octanol–water partition coefficient (Wildman–Crippen LogP) is 1.59. The van der Waals surface area contributed by atoms with Crippen molar-refractivity contribution in [3.63, 3.8) is 0 Å². The fourth-order valence-corrected chi connectivity index (χ4v) is 1.52. The molecule has 0 saturated heterocycles. The molecule has 14 heavy (non-hydrogen) atoms. The number of carbonyl (C=O) groups is 1. The Morgan fingerprint density at radius 3 is 2.64 bits per heavy atom. The molecule has 1 rings (SSSR count). The molecule has 1 aliphatic rings. The first-order valence-electron chi connectivity index (χ1n) is 5.07. The number of carbonyl (C=O) groups excluding carboxylic acids is 1. The lowest BCUT2D eigenvalue weighted by atomic mass is 9.90. The van der Waals surface area contributed by atoms with E-state index in [9.17, 15) is 4.79 Å². The summed E-state index contributed by atoms with van der Waals surface area (Å²) < 4.78 is 5.30. The molecule has 1 aliphatic heterocycles. The SMILES string of the molecule is CCC(C)(C(=O)C1=CCCO1)N(C)C. The molecule has 0 fully saturated rings. The lowest BCUT2D eigenvalue weighted by molar-refractivity contribution is -0.128. The Morgan fingerprint density at radius 1 is 1.64 bits per heavy atom. The van der Waals surface area contributed by atoms with Gasteiger partial charge in [0, 0.05) is 6.42 Å². The molecule has 0 amide bonds. The van der Waals surface area contributed by atoms with Crippen molar-refractivity contribution in [2.45, 2.75) is 32.2 Å². The number of likely N-dealkylation sites (N-methyl/N-ethyl adjacent to an activating group) is 1. The third-order valence-corrected chi connectivity index (χ3v) is 3.09. The van der Waals surface area contributed by atoms with Crippen LogP contribution in [0.15, 0.2) is 11.8 Å². The van der Waals surface area contributed by atoms with Crippen LogP contribution in [0.3, 0.4) is 0 Å². The molecule has 3 nitrogen and oxygen atoms in total. The average molecular weight is 197 g/mol. The summed E-state index contributed by atoms with van der Waals surface area (Å²) >= 11 is 0. The smallest absolute Gasteiger partial charge is 0.216 e. The first-order valence-corrected chi connectivity index (χ1v) is 5.07. The van der Waals surface area contributed by atoms with Crippen LogP contribution in [0.4, 0.5) is 0 Å². The van der Waals surface area contributed by atoms with Crippen molar-refractivity contribution in [2.75, 3.05) is 20.7 Å². The van der Waals surface area contributed by atoms with Gasteiger partial charge in [-0.2, -0.15) is 0 Å². The van der Waals surface area contributed by atoms with Gasteiger partial charge in [-0.25, -0.2) is 0 Å². The third kappa shape index (κ3) is 1.82. The molecule has 0 radical (unpaired) electrons. The van der Waals surface area contributed by atoms with Crippen LogP contribution < -0.4 is 0 Å². The lowest BCUT2D eigenvalue weighted by Crippen LogP contribution is -2.48. The maximum atomic E-state index is 12.1. The summed E-state index contributed by atoms with van der Waals surface area (Å²) in [7, 11) is 3.85. The second-order valence-electron chi connectivity index (χ2n) is 4.06. The minimum atomic E-state index is -0.434. The third-order valence-electron chi connectivity index (χ3n) is 3.09. The van der Waals surface area contributed by atoms with Gasteiger partial charge in [0.25, 0.3) is 0 Å². The number of hydrogen-bond donors (Lipinski definition) is 0. The normalized spacial score (nSPS) is 20.2. The van der Waals surface area contributed by atoms with Gasteiger partial charge >= 0.3 is 0 Å². The number of ether oxygens (including phenoxy) is 1. The Morgan fingerprint density at radius 2 is 2.29 bits per heavy atom. The Kier molecular flexibility index (Phi) is 3.32. The van der Waals surface area contributed by atoms with E-state index >= 15 is 0 Å². The maximum absolute atomic E-state index is 12.1. The summed E-state index contributed by atoms with van der Waals surface area (Å²) in [5.41, 5.74) is -0.434. The van der Waals surface area contributed by atoms with E-state index in [1.807, 2.05) is 38.9 Å². The standard InChI is InChI=1S/C11H19NO2/c1-5-11(2,12(3)4)10(13)9-7-6-8-14-9/h7H,5-6,8H2,1-4H3. The minimum Gasteiger partial charge on any atom is -0.490 e. The minimum absolute atomic E-state index is 0.0995. The van der Waals surface area contributed by atoms with Crippen molar-refractivity contribution in [3.8, 4) is 0 Å². The molecule has 1 heterocycles. The molecule has 80 valence electrons. The second-order valence-corrected chi connectivity index (χ2v) is 4.06. The number of rotatable bonds is 4. The number of nitrogens with zero attached hydrogens (tertiary/aromatic N) is 1. The number of Topliss-reactive ketones (excluding diaryl/α,β-unsaturated/α-hetero) is 1. The zero-order valence-corrected chi connectivity index (χ0v) is 9.46. The molecule has 0 bridgehead atoms. The molecule has 3 heteroatoms. The zero-order chi connectivity index (χ0) is 10.8. The fraction of sp³-hybridized carbons (Fsp3) is 0.727. The van der Waals surface area contributed by atoms with Crippen LogP contribution in [-0.2, 0) is 9.53 Å². The van der Waals surface area contributed by atoms with Crippen LogP contribution in [0.25, 0.3) is 0 Å². The van der Waals surface area contributed by atoms with Gasteiger partial charge in [0.2, 0.25) is 5.78 Å². The Balaban J connectivity index is 2.84. The highest BCUT2D eigenvalue weighted by Crippen LogP contribution is 2.24. The van der Waals surface area contributed by atoms with Crippen molar-refractivity contribution in [2.24, 2.45) is 0 Å². The molecule has 0 aromatic heterocycles. The van der Waals surface area contributed by atoms with Crippen LogP contribution in [0, 0.1) is 0 Å². The first kappa shape index (κ1) is 11.2. The molecule has 0 spiro atoms. The van der Waals surface area contributed by atoms with Gasteiger partial charge in [0.15, 0.2) is 5.76 Å². The van der Waals surface area contributed by atoms with Crippen LogP contribution in [-0.4, -0.2) is 36.9 Å². The Bertz CT molecular complexity index is 258. The van der Waals surface area contributed by atoms with Gasteiger partial charge in [-0.3, -0.25) is 9.69 Å². The zero-order valence-electron chi connectivity index (χ0n) is 9.46. The second kappa shape index (κ2) is 4.13. The van der Waals surface area contributed by atoms with E-state index < -0.39 is 5.54 Å². The quantitative estimate of drug-likeness (QED) is 0.685. The van der Waals surface area contributed by atoms with Gasteiger partial charge in [-0.05, 0) is 33.5 Å². The van der Waals surface area contributed by atoms with E-state index in [0.717, 1.165) is 12.8 Å². The Hall–Kier alpha value is -0.830.